The number of hydrogen-bond donors (Lipinski definition) is 2. The SMILES string of the molecule is CCNC(=NCCCc1cccc(F)c1)NC1CCN(C(=O)CC)C1.I. The number of aliphatic imine (C=N–C) groups is 1. The fourth-order valence-electron chi connectivity index (χ4n) is 3.01. The van der Waals surface area contributed by atoms with Gasteiger partial charge in [0.05, 0.1) is 0 Å². The number of amides is 1. The smallest absolute Gasteiger partial charge is 0.222 e. The zero-order valence-electron chi connectivity index (χ0n) is 15.6. The van der Waals surface area contributed by atoms with Crippen LogP contribution >= 0.6 is 24.0 Å². The Morgan fingerprint density at radius 3 is 2.88 bits per heavy atom. The monoisotopic (exact) mass is 476 g/mol. The minimum Gasteiger partial charge on any atom is -0.357 e. The van der Waals surface area contributed by atoms with Crippen molar-refractivity contribution in [2.24, 2.45) is 4.99 Å². The van der Waals surface area contributed by atoms with E-state index in [9.17, 15) is 9.18 Å². The number of halogens is 2. The molecule has 2 N–H and O–H groups in total. The molecule has 1 amide bonds. The largest absolute Gasteiger partial charge is 0.357 e. The summed E-state index contributed by atoms with van der Waals surface area (Å²) in [6.07, 6.45) is 3.18. The van der Waals surface area contributed by atoms with E-state index in [1.54, 1.807) is 12.1 Å². The number of hydrogen-bond acceptors (Lipinski definition) is 2. The van der Waals surface area contributed by atoms with E-state index >= 15 is 0 Å². The van der Waals surface area contributed by atoms with Crippen LogP contribution in [-0.2, 0) is 11.2 Å². The Hall–Kier alpha value is -1.38. The summed E-state index contributed by atoms with van der Waals surface area (Å²) < 4.78 is 13.2. The lowest BCUT2D eigenvalue weighted by Crippen LogP contribution is -2.45. The van der Waals surface area contributed by atoms with Gasteiger partial charge < -0.3 is 15.5 Å². The number of rotatable bonds is 7. The molecule has 1 saturated heterocycles. The highest BCUT2D eigenvalue weighted by atomic mass is 127. The van der Waals surface area contributed by atoms with Crippen LogP contribution in [0.3, 0.4) is 0 Å². The van der Waals surface area contributed by atoms with Gasteiger partial charge in [-0.25, -0.2) is 4.39 Å². The van der Waals surface area contributed by atoms with Crippen molar-refractivity contribution in [3.63, 3.8) is 0 Å². The third-order valence-corrected chi connectivity index (χ3v) is 4.31. The van der Waals surface area contributed by atoms with Gasteiger partial charge in [0.15, 0.2) is 5.96 Å². The predicted molar refractivity (Wildman–Crippen MR) is 115 cm³/mol. The minimum atomic E-state index is -0.191. The van der Waals surface area contributed by atoms with Crippen molar-refractivity contribution in [2.45, 2.75) is 45.6 Å². The van der Waals surface area contributed by atoms with Crippen LogP contribution in [0.25, 0.3) is 0 Å². The van der Waals surface area contributed by atoms with Crippen molar-refractivity contribution >= 4 is 35.8 Å². The van der Waals surface area contributed by atoms with E-state index in [1.807, 2.05) is 24.8 Å². The fourth-order valence-corrected chi connectivity index (χ4v) is 3.01. The summed E-state index contributed by atoms with van der Waals surface area (Å²) in [4.78, 5) is 18.3. The van der Waals surface area contributed by atoms with Gasteiger partial charge in [0.1, 0.15) is 5.82 Å². The molecule has 1 unspecified atom stereocenters. The normalized spacial score (nSPS) is 17.0. The highest BCUT2D eigenvalue weighted by Gasteiger charge is 2.25. The number of likely N-dealkylation sites (tertiary alicyclic amines) is 1. The number of carbonyl (C=O) groups is 1. The molecule has 0 aromatic heterocycles. The van der Waals surface area contributed by atoms with Crippen LogP contribution in [-0.4, -0.2) is 49.0 Å². The summed E-state index contributed by atoms with van der Waals surface area (Å²) in [6.45, 7) is 6.94. The van der Waals surface area contributed by atoms with Crippen LogP contribution in [0.4, 0.5) is 4.39 Å². The number of aryl methyl sites for hydroxylation is 1. The molecule has 0 aliphatic carbocycles. The first-order chi connectivity index (χ1) is 12.1. The zero-order chi connectivity index (χ0) is 18.1. The lowest BCUT2D eigenvalue weighted by molar-refractivity contribution is -0.129. The van der Waals surface area contributed by atoms with Crippen LogP contribution in [0.15, 0.2) is 29.3 Å². The van der Waals surface area contributed by atoms with E-state index in [0.717, 1.165) is 50.4 Å². The highest BCUT2D eigenvalue weighted by molar-refractivity contribution is 14.0. The standard InChI is InChI=1S/C19H29FN4O.HI/c1-3-18(25)24-12-10-17(14-24)23-19(21-4-2)22-11-6-8-15-7-5-9-16(20)13-15;/h5,7,9,13,17H,3-4,6,8,10-12,14H2,1-2H3,(H2,21,22,23);1H. The van der Waals surface area contributed by atoms with Crippen LogP contribution < -0.4 is 10.6 Å². The Morgan fingerprint density at radius 1 is 1.38 bits per heavy atom. The second-order valence-electron chi connectivity index (χ2n) is 6.32. The van der Waals surface area contributed by atoms with Crippen molar-refractivity contribution in [1.29, 1.82) is 0 Å². The molecule has 5 nitrogen and oxygen atoms in total. The minimum absolute atomic E-state index is 0. The first kappa shape index (κ1) is 22.7. The van der Waals surface area contributed by atoms with Gasteiger partial charge in [-0.15, -0.1) is 24.0 Å². The third kappa shape index (κ3) is 7.47. The molecule has 7 heteroatoms. The second kappa shape index (κ2) is 12.1. The zero-order valence-corrected chi connectivity index (χ0v) is 18.0. The van der Waals surface area contributed by atoms with Gasteiger partial charge in [-0.2, -0.15) is 0 Å². The quantitative estimate of drug-likeness (QED) is 0.276. The lowest BCUT2D eigenvalue weighted by atomic mass is 10.1. The average Bonchev–Trinajstić information content (AvgIpc) is 3.07. The molecule has 1 atom stereocenters. The van der Waals surface area contributed by atoms with Gasteiger partial charge in [-0.3, -0.25) is 9.79 Å². The molecule has 1 heterocycles. The molecule has 0 spiro atoms. The van der Waals surface area contributed by atoms with Crippen molar-refractivity contribution in [3.05, 3.63) is 35.6 Å². The lowest BCUT2D eigenvalue weighted by Gasteiger charge is -2.18. The Labute approximate surface area is 172 Å². The molecule has 146 valence electrons. The van der Waals surface area contributed by atoms with Gasteiger partial charge in [0.25, 0.3) is 0 Å². The molecule has 1 aliphatic heterocycles. The van der Waals surface area contributed by atoms with Gasteiger partial charge in [0, 0.05) is 38.6 Å². The summed E-state index contributed by atoms with van der Waals surface area (Å²) >= 11 is 0. The van der Waals surface area contributed by atoms with Gasteiger partial charge in [0.2, 0.25) is 5.91 Å². The molecule has 0 bridgehead atoms. The molecule has 1 aliphatic rings. The van der Waals surface area contributed by atoms with Gasteiger partial charge in [-0.1, -0.05) is 19.1 Å². The third-order valence-electron chi connectivity index (χ3n) is 4.31. The Morgan fingerprint density at radius 2 is 2.19 bits per heavy atom. The number of nitrogens with one attached hydrogen (secondary N) is 2. The van der Waals surface area contributed by atoms with Crippen LogP contribution in [0.5, 0.6) is 0 Å². The van der Waals surface area contributed by atoms with Gasteiger partial charge >= 0.3 is 0 Å². The Kier molecular flexibility index (Phi) is 10.5. The molecule has 2 rings (SSSR count). The van der Waals surface area contributed by atoms with E-state index in [1.165, 1.54) is 6.07 Å². The Bertz CT molecular complexity index is 597. The molecule has 1 aromatic carbocycles. The topological polar surface area (TPSA) is 56.7 Å². The fraction of sp³-hybridized carbons (Fsp3) is 0.579. The van der Waals surface area contributed by atoms with E-state index < -0.39 is 0 Å². The summed E-state index contributed by atoms with van der Waals surface area (Å²) in [7, 11) is 0. The summed E-state index contributed by atoms with van der Waals surface area (Å²) in [5.41, 5.74) is 0.998. The van der Waals surface area contributed by atoms with Crippen LogP contribution in [0, 0.1) is 5.82 Å². The second-order valence-corrected chi connectivity index (χ2v) is 6.32. The summed E-state index contributed by atoms with van der Waals surface area (Å²) in [6, 6.07) is 6.96. The highest BCUT2D eigenvalue weighted by Crippen LogP contribution is 2.10. The first-order valence-corrected chi connectivity index (χ1v) is 9.19. The molecule has 1 fully saturated rings. The predicted octanol–water partition coefficient (Wildman–Crippen LogP) is 2.94. The van der Waals surface area contributed by atoms with Crippen molar-refractivity contribution in [1.82, 2.24) is 15.5 Å². The number of carbonyl (C=O) groups excluding carboxylic acids is 1. The van der Waals surface area contributed by atoms with Crippen molar-refractivity contribution in [3.8, 4) is 0 Å². The van der Waals surface area contributed by atoms with E-state index in [0.29, 0.717) is 13.0 Å². The molecule has 0 saturated carbocycles. The maximum Gasteiger partial charge on any atom is 0.222 e. The van der Waals surface area contributed by atoms with Crippen LogP contribution in [0.1, 0.15) is 38.7 Å². The molecule has 26 heavy (non-hydrogen) atoms. The molecular weight excluding hydrogens is 446 g/mol. The first-order valence-electron chi connectivity index (χ1n) is 9.19. The number of nitrogens with zero attached hydrogens (tertiary/aromatic N) is 2. The van der Waals surface area contributed by atoms with Crippen LogP contribution in [0.2, 0.25) is 0 Å². The van der Waals surface area contributed by atoms with Crippen molar-refractivity contribution < 1.29 is 9.18 Å². The maximum absolute atomic E-state index is 13.2. The summed E-state index contributed by atoms with van der Waals surface area (Å²) in [5, 5.41) is 6.67. The Balaban J connectivity index is 0.00000338. The molecular formula is C19H30FIN4O. The van der Waals surface area contributed by atoms with E-state index in [4.69, 9.17) is 0 Å². The molecule has 1 aromatic rings. The van der Waals surface area contributed by atoms with E-state index in [-0.39, 0.29) is 41.7 Å². The van der Waals surface area contributed by atoms with Crippen molar-refractivity contribution in [2.75, 3.05) is 26.2 Å². The number of benzene rings is 1. The molecule has 0 radical (unpaired) electrons. The summed E-state index contributed by atoms with van der Waals surface area (Å²) in [5.74, 6) is 0.808. The average molecular weight is 476 g/mol. The number of guanidine groups is 1. The van der Waals surface area contributed by atoms with Gasteiger partial charge in [-0.05, 0) is 43.9 Å². The maximum atomic E-state index is 13.2. The van der Waals surface area contributed by atoms with E-state index in [2.05, 4.69) is 15.6 Å².